The number of unbranched alkanes of at least 4 members (excludes halogenated alkanes) is 1. The van der Waals surface area contributed by atoms with E-state index in [9.17, 15) is 19.8 Å². The van der Waals surface area contributed by atoms with Crippen LogP contribution in [0.5, 0.6) is 5.75 Å². The number of aliphatic carboxylic acids is 1. The molecule has 0 aliphatic carbocycles. The highest BCUT2D eigenvalue weighted by atomic mass is 16.5. The zero-order chi connectivity index (χ0) is 30.1. The molecule has 6 heteroatoms. The molecule has 40 heavy (non-hydrogen) atoms. The standard InChI is InChI=1S/C34H51NO5/c1-9-12-13-28(32(38)39)35-31(37)22-40-29-18-17-27(21-24(29)5)34(10-2,11-3)26-16-14-25(23(4)20-26)15-19-30(36)33(6,7)8/h14,16-18,20-21,28,30,36H,9-13,15,19,22H2,1-8H3,(H,35,37)(H,38,39)/t28?,30-/m1/s1. The van der Waals surface area contributed by atoms with Crippen molar-refractivity contribution in [1.82, 2.24) is 5.32 Å². The minimum Gasteiger partial charge on any atom is -0.484 e. The van der Waals surface area contributed by atoms with Gasteiger partial charge in [-0.3, -0.25) is 4.79 Å². The summed E-state index contributed by atoms with van der Waals surface area (Å²) in [6, 6.07) is 12.0. The molecule has 3 N–H and O–H groups in total. The number of rotatable bonds is 15. The van der Waals surface area contributed by atoms with Gasteiger partial charge in [0.2, 0.25) is 0 Å². The molecule has 222 valence electrons. The Morgan fingerprint density at radius 3 is 2.02 bits per heavy atom. The summed E-state index contributed by atoms with van der Waals surface area (Å²) in [6.07, 6.45) is 5.11. The van der Waals surface area contributed by atoms with Crippen molar-refractivity contribution in [3.63, 3.8) is 0 Å². The molecule has 1 unspecified atom stereocenters. The van der Waals surface area contributed by atoms with Crippen LogP contribution in [-0.4, -0.2) is 40.8 Å². The fourth-order valence-corrected chi connectivity index (χ4v) is 5.39. The summed E-state index contributed by atoms with van der Waals surface area (Å²) in [6.45, 7) is 16.5. The molecule has 0 aromatic heterocycles. The zero-order valence-electron chi connectivity index (χ0n) is 25.9. The molecule has 0 fully saturated rings. The molecular formula is C34H51NO5. The van der Waals surface area contributed by atoms with Crippen molar-refractivity contribution in [2.45, 2.75) is 118 Å². The summed E-state index contributed by atoms with van der Waals surface area (Å²) in [5.74, 6) is -0.845. The van der Waals surface area contributed by atoms with Crippen LogP contribution in [0, 0.1) is 19.3 Å². The number of ether oxygens (including phenoxy) is 1. The molecule has 2 atom stereocenters. The molecular weight excluding hydrogens is 502 g/mol. The lowest BCUT2D eigenvalue weighted by Gasteiger charge is -2.34. The van der Waals surface area contributed by atoms with E-state index < -0.39 is 17.9 Å². The number of carboxylic acids is 1. The summed E-state index contributed by atoms with van der Waals surface area (Å²) in [5.41, 5.74) is 5.63. The van der Waals surface area contributed by atoms with Crippen molar-refractivity contribution in [3.8, 4) is 5.75 Å². The normalized spacial score (nSPS) is 13.5. The first-order valence-corrected chi connectivity index (χ1v) is 14.8. The van der Waals surface area contributed by atoms with Crippen molar-refractivity contribution < 1.29 is 24.5 Å². The van der Waals surface area contributed by atoms with Crippen LogP contribution in [0.4, 0.5) is 0 Å². The van der Waals surface area contributed by atoms with E-state index in [0.29, 0.717) is 12.2 Å². The van der Waals surface area contributed by atoms with Crippen LogP contribution in [0.15, 0.2) is 36.4 Å². The second kappa shape index (κ2) is 14.7. The fraction of sp³-hybridized carbons (Fsp3) is 0.588. The number of carbonyl (C=O) groups excluding carboxylic acids is 1. The maximum absolute atomic E-state index is 12.4. The third kappa shape index (κ3) is 8.57. The third-order valence-corrected chi connectivity index (χ3v) is 8.36. The number of amides is 1. The molecule has 0 spiro atoms. The lowest BCUT2D eigenvalue weighted by Crippen LogP contribution is -2.42. The van der Waals surface area contributed by atoms with Gasteiger partial charge in [0.25, 0.3) is 5.91 Å². The van der Waals surface area contributed by atoms with Gasteiger partial charge in [-0.05, 0) is 85.3 Å². The lowest BCUT2D eigenvalue weighted by molar-refractivity contribution is -0.142. The van der Waals surface area contributed by atoms with Gasteiger partial charge in [-0.15, -0.1) is 0 Å². The van der Waals surface area contributed by atoms with Gasteiger partial charge < -0.3 is 20.3 Å². The van der Waals surface area contributed by atoms with Gasteiger partial charge in [0, 0.05) is 5.41 Å². The van der Waals surface area contributed by atoms with Crippen molar-refractivity contribution in [2.75, 3.05) is 6.61 Å². The first kappa shape index (κ1) is 33.3. The van der Waals surface area contributed by atoms with Crippen LogP contribution in [0.2, 0.25) is 0 Å². The summed E-state index contributed by atoms with van der Waals surface area (Å²) in [7, 11) is 0. The average molecular weight is 554 g/mol. The molecule has 0 heterocycles. The van der Waals surface area contributed by atoms with Crippen LogP contribution >= 0.6 is 0 Å². The molecule has 0 aliphatic heterocycles. The van der Waals surface area contributed by atoms with Crippen LogP contribution < -0.4 is 10.1 Å². The largest absolute Gasteiger partial charge is 0.484 e. The number of hydrogen-bond donors (Lipinski definition) is 3. The number of aryl methyl sites for hydroxylation is 3. The minimum atomic E-state index is -1.02. The Balaban J connectivity index is 2.20. The lowest BCUT2D eigenvalue weighted by atomic mass is 9.69. The highest BCUT2D eigenvalue weighted by Gasteiger charge is 2.32. The van der Waals surface area contributed by atoms with Crippen molar-refractivity contribution in [1.29, 1.82) is 0 Å². The van der Waals surface area contributed by atoms with E-state index in [4.69, 9.17) is 4.74 Å². The molecule has 0 aliphatic rings. The van der Waals surface area contributed by atoms with Crippen molar-refractivity contribution >= 4 is 11.9 Å². The number of benzene rings is 2. The first-order valence-electron chi connectivity index (χ1n) is 14.8. The highest BCUT2D eigenvalue weighted by molar-refractivity contribution is 5.84. The van der Waals surface area contributed by atoms with Gasteiger partial charge in [-0.25, -0.2) is 4.79 Å². The second-order valence-corrected chi connectivity index (χ2v) is 12.2. The molecule has 2 aromatic rings. The number of carbonyl (C=O) groups is 2. The molecule has 0 bridgehead atoms. The van der Waals surface area contributed by atoms with Gasteiger partial charge >= 0.3 is 5.97 Å². The Hall–Kier alpha value is -2.86. The van der Waals surface area contributed by atoms with Gasteiger partial charge in [0.1, 0.15) is 11.8 Å². The SMILES string of the molecule is CCCCC(NC(=O)COc1ccc(C(CC)(CC)c2ccc(CC[C@@H](O)C(C)(C)C)c(C)c2)cc1C)C(=O)O. The molecule has 2 rings (SSSR count). The maximum Gasteiger partial charge on any atom is 0.326 e. The van der Waals surface area contributed by atoms with E-state index in [-0.39, 0.29) is 23.5 Å². The first-order chi connectivity index (χ1) is 18.8. The van der Waals surface area contributed by atoms with Gasteiger partial charge in [0.05, 0.1) is 6.10 Å². The molecule has 0 saturated heterocycles. The molecule has 1 amide bonds. The van der Waals surface area contributed by atoms with Crippen LogP contribution in [0.1, 0.15) is 108 Å². The van der Waals surface area contributed by atoms with E-state index in [2.05, 4.69) is 77.2 Å². The maximum atomic E-state index is 12.4. The molecule has 2 aromatic carbocycles. The Kier molecular flexibility index (Phi) is 12.2. The Labute approximate surface area is 241 Å². The van der Waals surface area contributed by atoms with Crippen LogP contribution in [0.3, 0.4) is 0 Å². The number of carboxylic acid groups (broad SMARTS) is 1. The smallest absolute Gasteiger partial charge is 0.326 e. The third-order valence-electron chi connectivity index (χ3n) is 8.36. The van der Waals surface area contributed by atoms with Crippen LogP contribution in [0.25, 0.3) is 0 Å². The predicted molar refractivity (Wildman–Crippen MR) is 162 cm³/mol. The summed E-state index contributed by atoms with van der Waals surface area (Å²) >= 11 is 0. The number of hydrogen-bond acceptors (Lipinski definition) is 4. The Morgan fingerprint density at radius 2 is 1.52 bits per heavy atom. The van der Waals surface area contributed by atoms with E-state index in [0.717, 1.165) is 44.1 Å². The fourth-order valence-electron chi connectivity index (χ4n) is 5.39. The number of aliphatic hydroxyl groups excluding tert-OH is 1. The Morgan fingerprint density at radius 1 is 0.925 bits per heavy atom. The monoisotopic (exact) mass is 553 g/mol. The molecule has 6 nitrogen and oxygen atoms in total. The average Bonchev–Trinajstić information content (AvgIpc) is 2.90. The highest BCUT2D eigenvalue weighted by Crippen LogP contribution is 2.41. The second-order valence-electron chi connectivity index (χ2n) is 12.2. The van der Waals surface area contributed by atoms with Gasteiger partial charge in [0.15, 0.2) is 6.61 Å². The zero-order valence-corrected chi connectivity index (χ0v) is 25.9. The Bertz CT molecular complexity index is 1130. The summed E-state index contributed by atoms with van der Waals surface area (Å²) in [4.78, 5) is 23.8. The minimum absolute atomic E-state index is 0.125. The quantitative estimate of drug-likeness (QED) is 0.223. The summed E-state index contributed by atoms with van der Waals surface area (Å²) < 4.78 is 5.80. The molecule has 0 saturated carbocycles. The van der Waals surface area contributed by atoms with E-state index >= 15 is 0 Å². The number of nitrogens with one attached hydrogen (secondary N) is 1. The van der Waals surface area contributed by atoms with Crippen molar-refractivity contribution in [3.05, 3.63) is 64.2 Å². The van der Waals surface area contributed by atoms with Gasteiger partial charge in [-0.2, -0.15) is 0 Å². The van der Waals surface area contributed by atoms with Crippen LogP contribution in [-0.2, 0) is 21.4 Å². The van der Waals surface area contributed by atoms with E-state index in [1.165, 1.54) is 22.3 Å². The summed E-state index contributed by atoms with van der Waals surface area (Å²) in [5, 5.41) is 22.4. The van der Waals surface area contributed by atoms with E-state index in [1.54, 1.807) is 0 Å². The number of aliphatic hydroxyl groups is 1. The predicted octanol–water partition coefficient (Wildman–Crippen LogP) is 6.89. The molecule has 0 radical (unpaired) electrons. The van der Waals surface area contributed by atoms with Crippen molar-refractivity contribution in [2.24, 2.45) is 5.41 Å². The van der Waals surface area contributed by atoms with Gasteiger partial charge in [-0.1, -0.05) is 84.7 Å². The topological polar surface area (TPSA) is 95.9 Å². The van der Waals surface area contributed by atoms with E-state index in [1.807, 2.05) is 19.9 Å².